The van der Waals surface area contributed by atoms with Crippen LogP contribution in [0.2, 0.25) is 0 Å². The normalized spacial score (nSPS) is 12.6. The molecule has 3 rings (SSSR count). The summed E-state index contributed by atoms with van der Waals surface area (Å²) in [6.45, 7) is 3.84. The zero-order valence-corrected chi connectivity index (χ0v) is 17.4. The molecule has 0 fully saturated rings. The van der Waals surface area contributed by atoms with Crippen molar-refractivity contribution in [2.75, 3.05) is 7.05 Å². The summed E-state index contributed by atoms with van der Waals surface area (Å²) in [6, 6.07) is 13.9. The predicted octanol–water partition coefficient (Wildman–Crippen LogP) is 3.60. The van der Waals surface area contributed by atoms with Crippen LogP contribution in [-0.4, -0.2) is 31.3 Å². The molecule has 1 aromatic heterocycles. The van der Waals surface area contributed by atoms with Crippen LogP contribution in [0.4, 0.5) is 0 Å². The number of nitrogens with zero attached hydrogens (tertiary/aromatic N) is 2. The van der Waals surface area contributed by atoms with E-state index in [2.05, 4.69) is 4.98 Å². The Morgan fingerprint density at radius 2 is 1.86 bits per heavy atom. The third kappa shape index (κ3) is 4.30. The fourth-order valence-corrected chi connectivity index (χ4v) is 4.10. The number of carbonyl (C=O) groups excluding carboxylic acids is 1. The second-order valence-electron chi connectivity index (χ2n) is 6.61. The average Bonchev–Trinajstić information content (AvgIpc) is 3.16. The molecule has 3 aromatic rings. The second kappa shape index (κ2) is 7.83. The Morgan fingerprint density at radius 3 is 2.50 bits per heavy atom. The number of aryl methyl sites for hydroxylation is 1. The van der Waals surface area contributed by atoms with Crippen molar-refractivity contribution in [3.05, 3.63) is 70.7 Å². The van der Waals surface area contributed by atoms with E-state index in [1.807, 2.05) is 38.1 Å². The minimum atomic E-state index is -3.80. The number of hydrogen-bond donors (Lipinski definition) is 1. The zero-order chi connectivity index (χ0) is 20.5. The number of carbonyl (C=O) groups is 1. The first-order valence-corrected chi connectivity index (χ1v) is 11.0. The van der Waals surface area contributed by atoms with Crippen LogP contribution in [0.25, 0.3) is 10.6 Å². The molecule has 0 saturated heterocycles. The summed E-state index contributed by atoms with van der Waals surface area (Å²) in [5.41, 5.74) is 3.16. The summed E-state index contributed by atoms with van der Waals surface area (Å²) in [5.74, 6) is -0.233. The lowest BCUT2D eigenvalue weighted by molar-refractivity contribution is 0.0737. The lowest BCUT2D eigenvalue weighted by atomic mass is 10.1. The van der Waals surface area contributed by atoms with Gasteiger partial charge >= 0.3 is 0 Å². The van der Waals surface area contributed by atoms with E-state index in [-0.39, 0.29) is 16.8 Å². The topological polar surface area (TPSA) is 93.4 Å². The quantitative estimate of drug-likeness (QED) is 0.689. The first-order valence-electron chi connectivity index (χ1n) is 8.59. The minimum absolute atomic E-state index is 0.0213. The highest BCUT2D eigenvalue weighted by molar-refractivity contribution is 7.89. The van der Waals surface area contributed by atoms with Gasteiger partial charge in [-0.3, -0.25) is 4.79 Å². The van der Waals surface area contributed by atoms with Gasteiger partial charge in [0.15, 0.2) is 0 Å². The Balaban J connectivity index is 1.82. The number of primary sulfonamides is 1. The molecule has 0 radical (unpaired) electrons. The number of nitrogens with two attached hydrogens (primary N) is 1. The maximum Gasteiger partial charge on any atom is 0.273 e. The highest BCUT2D eigenvalue weighted by atomic mass is 32.2. The van der Waals surface area contributed by atoms with Crippen LogP contribution >= 0.6 is 11.3 Å². The van der Waals surface area contributed by atoms with Gasteiger partial charge in [0.25, 0.3) is 5.91 Å². The van der Waals surface area contributed by atoms with Gasteiger partial charge in [-0.1, -0.05) is 42.0 Å². The Bertz CT molecular complexity index is 1110. The van der Waals surface area contributed by atoms with Gasteiger partial charge in [-0.25, -0.2) is 18.5 Å². The lowest BCUT2D eigenvalue weighted by Crippen LogP contribution is -2.30. The van der Waals surface area contributed by atoms with Crippen molar-refractivity contribution in [2.24, 2.45) is 5.14 Å². The van der Waals surface area contributed by atoms with Crippen molar-refractivity contribution in [2.45, 2.75) is 24.8 Å². The zero-order valence-electron chi connectivity index (χ0n) is 15.8. The van der Waals surface area contributed by atoms with Crippen LogP contribution in [0.3, 0.4) is 0 Å². The largest absolute Gasteiger partial charge is 0.334 e. The molecule has 1 atom stereocenters. The van der Waals surface area contributed by atoms with E-state index in [1.54, 1.807) is 24.6 Å². The van der Waals surface area contributed by atoms with E-state index in [0.29, 0.717) is 11.3 Å². The minimum Gasteiger partial charge on any atom is -0.334 e. The fourth-order valence-electron chi connectivity index (χ4n) is 2.73. The third-order valence-corrected chi connectivity index (χ3v) is 6.39. The number of hydrogen-bond acceptors (Lipinski definition) is 5. The van der Waals surface area contributed by atoms with Gasteiger partial charge in [-0.2, -0.15) is 0 Å². The molecule has 8 heteroatoms. The number of sulfonamides is 1. The van der Waals surface area contributed by atoms with Gasteiger partial charge in [0.05, 0.1) is 10.9 Å². The monoisotopic (exact) mass is 415 g/mol. The number of aromatic nitrogens is 1. The van der Waals surface area contributed by atoms with E-state index in [9.17, 15) is 13.2 Å². The Labute approximate surface area is 168 Å². The summed E-state index contributed by atoms with van der Waals surface area (Å²) in [6.07, 6.45) is 0. The molecule has 1 amide bonds. The predicted molar refractivity (Wildman–Crippen MR) is 111 cm³/mol. The lowest BCUT2D eigenvalue weighted by Gasteiger charge is -2.25. The Morgan fingerprint density at radius 1 is 1.18 bits per heavy atom. The molecule has 0 spiro atoms. The van der Waals surface area contributed by atoms with Gasteiger partial charge < -0.3 is 4.90 Å². The van der Waals surface area contributed by atoms with Crippen LogP contribution < -0.4 is 5.14 Å². The van der Waals surface area contributed by atoms with E-state index in [0.717, 1.165) is 16.1 Å². The van der Waals surface area contributed by atoms with Gasteiger partial charge in [-0.05, 0) is 31.5 Å². The maximum absolute atomic E-state index is 12.9. The Hall–Kier alpha value is -2.55. The molecular formula is C20H21N3O3S2. The molecule has 0 bridgehead atoms. The van der Waals surface area contributed by atoms with Crippen LogP contribution in [0.5, 0.6) is 0 Å². The molecule has 2 aromatic carbocycles. The molecule has 0 aliphatic heterocycles. The molecule has 0 saturated carbocycles. The molecular weight excluding hydrogens is 394 g/mol. The average molecular weight is 416 g/mol. The molecule has 0 aliphatic carbocycles. The van der Waals surface area contributed by atoms with Crippen LogP contribution in [0, 0.1) is 6.92 Å². The Kier molecular flexibility index (Phi) is 5.64. The highest BCUT2D eigenvalue weighted by Gasteiger charge is 2.22. The molecule has 1 heterocycles. The van der Waals surface area contributed by atoms with E-state index < -0.39 is 10.0 Å². The van der Waals surface area contributed by atoms with Gasteiger partial charge in [-0.15, -0.1) is 11.3 Å². The summed E-state index contributed by atoms with van der Waals surface area (Å²) < 4.78 is 23.2. The first-order chi connectivity index (χ1) is 13.2. The van der Waals surface area contributed by atoms with Crippen LogP contribution in [-0.2, 0) is 10.0 Å². The number of benzene rings is 2. The SMILES string of the molecule is Cc1ccc(-c2nc(C(=O)N(C)C(C)c3cccc(S(N)(=O)=O)c3)cs2)cc1. The van der Waals surface area contributed by atoms with E-state index in [4.69, 9.17) is 5.14 Å². The summed E-state index contributed by atoms with van der Waals surface area (Å²) in [4.78, 5) is 18.9. The standard InChI is InChI=1S/C20H21N3O3S2/c1-13-7-9-15(10-8-13)19-22-18(12-27-19)20(24)23(3)14(2)16-5-4-6-17(11-16)28(21,25)26/h4-12,14H,1-3H3,(H2,21,25,26). The van der Waals surface area contributed by atoms with E-state index in [1.165, 1.54) is 28.4 Å². The first kappa shape index (κ1) is 20.2. The van der Waals surface area contributed by atoms with Gasteiger partial charge in [0.2, 0.25) is 10.0 Å². The summed E-state index contributed by atoms with van der Waals surface area (Å²) in [5, 5.41) is 7.72. The molecule has 6 nitrogen and oxygen atoms in total. The van der Waals surface area contributed by atoms with Crippen molar-refractivity contribution in [1.82, 2.24) is 9.88 Å². The van der Waals surface area contributed by atoms with Gasteiger partial charge in [0, 0.05) is 18.0 Å². The third-order valence-electron chi connectivity index (χ3n) is 4.59. The second-order valence-corrected chi connectivity index (χ2v) is 9.03. The van der Waals surface area contributed by atoms with E-state index >= 15 is 0 Å². The molecule has 28 heavy (non-hydrogen) atoms. The molecule has 1 unspecified atom stereocenters. The summed E-state index contributed by atoms with van der Waals surface area (Å²) >= 11 is 1.41. The molecule has 2 N–H and O–H groups in total. The van der Waals surface area contributed by atoms with Crippen molar-refractivity contribution in [3.63, 3.8) is 0 Å². The number of amides is 1. The van der Waals surface area contributed by atoms with Crippen LogP contribution in [0.15, 0.2) is 58.8 Å². The number of thiazole rings is 1. The summed E-state index contributed by atoms with van der Waals surface area (Å²) in [7, 11) is -2.13. The molecule has 146 valence electrons. The van der Waals surface area contributed by atoms with Crippen molar-refractivity contribution >= 4 is 27.3 Å². The van der Waals surface area contributed by atoms with Crippen molar-refractivity contribution in [1.29, 1.82) is 0 Å². The van der Waals surface area contributed by atoms with Gasteiger partial charge in [0.1, 0.15) is 10.7 Å². The highest BCUT2D eigenvalue weighted by Crippen LogP contribution is 2.27. The van der Waals surface area contributed by atoms with Crippen molar-refractivity contribution < 1.29 is 13.2 Å². The molecule has 0 aliphatic rings. The smallest absolute Gasteiger partial charge is 0.273 e. The number of rotatable bonds is 5. The fraction of sp³-hybridized carbons (Fsp3) is 0.200. The van der Waals surface area contributed by atoms with Crippen LogP contribution in [0.1, 0.15) is 34.6 Å². The maximum atomic E-state index is 12.9. The van der Waals surface area contributed by atoms with Crippen molar-refractivity contribution in [3.8, 4) is 10.6 Å².